The van der Waals surface area contributed by atoms with E-state index in [1.165, 1.54) is 6.07 Å². The van der Waals surface area contributed by atoms with Gasteiger partial charge in [0.15, 0.2) is 0 Å². The third kappa shape index (κ3) is 5.00. The molecule has 0 spiro atoms. The molecule has 160 valence electrons. The van der Waals surface area contributed by atoms with Crippen LogP contribution in [-0.2, 0) is 13.1 Å². The average Bonchev–Trinajstić information content (AvgIpc) is 3.47. The predicted octanol–water partition coefficient (Wildman–Crippen LogP) is 4.45. The number of aryl methyl sites for hydroxylation is 1. The van der Waals surface area contributed by atoms with Crippen LogP contribution in [0.2, 0.25) is 0 Å². The van der Waals surface area contributed by atoms with E-state index in [1.54, 1.807) is 30.1 Å². The first-order valence-corrected chi connectivity index (χ1v) is 10.3. The van der Waals surface area contributed by atoms with Crippen LogP contribution in [0.1, 0.15) is 18.9 Å². The molecule has 2 heterocycles. The maximum Gasteiger partial charge on any atom is 0.148 e. The summed E-state index contributed by atoms with van der Waals surface area (Å²) < 4.78 is 23.2. The van der Waals surface area contributed by atoms with Crippen LogP contribution in [0.4, 0.5) is 4.39 Å². The molecular weight excluding hydrogens is 393 g/mol. The number of halogens is 1. The van der Waals surface area contributed by atoms with Gasteiger partial charge < -0.3 is 10.1 Å². The highest BCUT2D eigenvalue weighted by Gasteiger charge is 2.15. The molecule has 4 rings (SSSR count). The van der Waals surface area contributed by atoms with E-state index in [2.05, 4.69) is 17.3 Å². The van der Waals surface area contributed by atoms with E-state index in [1.807, 2.05) is 53.5 Å². The van der Waals surface area contributed by atoms with Crippen LogP contribution in [0.5, 0.6) is 5.75 Å². The maximum atomic E-state index is 14.4. The highest BCUT2D eigenvalue weighted by molar-refractivity contribution is 5.64. The van der Waals surface area contributed by atoms with Crippen molar-refractivity contribution in [1.82, 2.24) is 24.9 Å². The van der Waals surface area contributed by atoms with Crippen LogP contribution in [0.3, 0.4) is 0 Å². The molecule has 6 nitrogen and oxygen atoms in total. The molecule has 0 saturated heterocycles. The lowest BCUT2D eigenvalue weighted by Crippen LogP contribution is -2.27. The van der Waals surface area contributed by atoms with Gasteiger partial charge in [-0.05, 0) is 55.8 Å². The molecule has 31 heavy (non-hydrogen) atoms. The molecule has 2 aromatic heterocycles. The summed E-state index contributed by atoms with van der Waals surface area (Å²) in [5, 5.41) is 12.5. The minimum Gasteiger partial charge on any atom is -0.497 e. The van der Waals surface area contributed by atoms with Crippen LogP contribution in [0.25, 0.3) is 16.9 Å². The smallest absolute Gasteiger partial charge is 0.148 e. The van der Waals surface area contributed by atoms with Crippen molar-refractivity contribution >= 4 is 0 Å². The van der Waals surface area contributed by atoms with E-state index in [0.29, 0.717) is 12.2 Å². The fourth-order valence-electron chi connectivity index (χ4n) is 3.44. The Labute approximate surface area is 181 Å². The van der Waals surface area contributed by atoms with Crippen molar-refractivity contribution in [2.24, 2.45) is 0 Å². The summed E-state index contributed by atoms with van der Waals surface area (Å²) in [6.07, 6.45) is 6.59. The Balaban J connectivity index is 1.56. The fraction of sp³-hybridized carbons (Fsp3) is 0.250. The van der Waals surface area contributed by atoms with Crippen LogP contribution in [0.15, 0.2) is 73.2 Å². The summed E-state index contributed by atoms with van der Waals surface area (Å²) in [4.78, 5) is 0. The summed E-state index contributed by atoms with van der Waals surface area (Å²) in [5.41, 5.74) is 3.20. The molecule has 0 amide bonds. The first kappa shape index (κ1) is 20.8. The van der Waals surface area contributed by atoms with Gasteiger partial charge in [-0.25, -0.2) is 9.07 Å². The third-order valence-corrected chi connectivity index (χ3v) is 5.24. The molecule has 0 saturated carbocycles. The SMILES string of the molecule is COc1ccc(-c2nn(-c3ccccc3F)cc2CNC(C)CCn2cccn2)cc1. The van der Waals surface area contributed by atoms with Gasteiger partial charge in [0, 0.05) is 48.8 Å². The number of nitrogens with zero attached hydrogens (tertiary/aromatic N) is 4. The molecular formula is C24H26FN5O. The summed E-state index contributed by atoms with van der Waals surface area (Å²) in [5.74, 6) is 0.475. The zero-order chi connectivity index (χ0) is 21.6. The molecule has 7 heteroatoms. The second-order valence-electron chi connectivity index (χ2n) is 7.47. The van der Waals surface area contributed by atoms with E-state index >= 15 is 0 Å². The zero-order valence-corrected chi connectivity index (χ0v) is 17.7. The monoisotopic (exact) mass is 419 g/mol. The van der Waals surface area contributed by atoms with Crippen molar-refractivity contribution in [3.8, 4) is 22.7 Å². The van der Waals surface area contributed by atoms with Gasteiger partial charge >= 0.3 is 0 Å². The van der Waals surface area contributed by atoms with Gasteiger partial charge in [-0.15, -0.1) is 0 Å². The Hall–Kier alpha value is -3.45. The second kappa shape index (κ2) is 9.57. The Kier molecular flexibility index (Phi) is 6.43. The molecule has 0 aliphatic rings. The number of methoxy groups -OCH3 is 1. The minimum absolute atomic E-state index is 0.282. The first-order chi connectivity index (χ1) is 15.1. The molecule has 0 aliphatic heterocycles. The van der Waals surface area contributed by atoms with Crippen molar-refractivity contribution in [3.05, 3.63) is 84.6 Å². The number of para-hydroxylation sites is 1. The molecule has 1 unspecified atom stereocenters. The number of aromatic nitrogens is 4. The Morgan fingerprint density at radius 1 is 1.10 bits per heavy atom. The number of benzene rings is 2. The molecule has 0 bridgehead atoms. The maximum absolute atomic E-state index is 14.4. The van der Waals surface area contributed by atoms with Gasteiger partial charge in [-0.1, -0.05) is 12.1 Å². The van der Waals surface area contributed by atoms with E-state index in [0.717, 1.165) is 35.5 Å². The van der Waals surface area contributed by atoms with Gasteiger partial charge in [-0.3, -0.25) is 4.68 Å². The third-order valence-electron chi connectivity index (χ3n) is 5.24. The minimum atomic E-state index is -0.307. The molecule has 1 N–H and O–H groups in total. The molecule has 4 aromatic rings. The molecule has 0 aliphatic carbocycles. The average molecular weight is 420 g/mol. The van der Waals surface area contributed by atoms with E-state index in [4.69, 9.17) is 9.84 Å². The first-order valence-electron chi connectivity index (χ1n) is 10.3. The number of ether oxygens (including phenoxy) is 1. The van der Waals surface area contributed by atoms with Crippen molar-refractivity contribution < 1.29 is 9.13 Å². The lowest BCUT2D eigenvalue weighted by Gasteiger charge is -2.14. The van der Waals surface area contributed by atoms with Crippen molar-refractivity contribution in [1.29, 1.82) is 0 Å². The molecule has 0 fully saturated rings. The Morgan fingerprint density at radius 3 is 2.61 bits per heavy atom. The van der Waals surface area contributed by atoms with Gasteiger partial charge in [0.1, 0.15) is 17.3 Å². The Morgan fingerprint density at radius 2 is 1.90 bits per heavy atom. The van der Waals surface area contributed by atoms with Crippen LogP contribution >= 0.6 is 0 Å². The van der Waals surface area contributed by atoms with Crippen molar-refractivity contribution in [2.45, 2.75) is 32.5 Å². The molecule has 1 atom stereocenters. The predicted molar refractivity (Wildman–Crippen MR) is 119 cm³/mol. The number of hydrogen-bond acceptors (Lipinski definition) is 4. The van der Waals surface area contributed by atoms with Crippen molar-refractivity contribution in [3.63, 3.8) is 0 Å². The standard InChI is InChI=1S/C24H26FN5O/c1-18(12-15-29-14-5-13-27-29)26-16-20-17-30(23-7-4-3-6-22(23)25)28-24(20)19-8-10-21(31-2)11-9-19/h3-11,13-14,17-18,26H,12,15-16H2,1-2H3. The van der Waals surface area contributed by atoms with Gasteiger partial charge in [-0.2, -0.15) is 10.2 Å². The summed E-state index contributed by atoms with van der Waals surface area (Å²) in [6, 6.07) is 16.6. The highest BCUT2D eigenvalue weighted by atomic mass is 19.1. The Bertz CT molecular complexity index is 1110. The number of nitrogens with one attached hydrogen (secondary N) is 1. The topological polar surface area (TPSA) is 56.9 Å². The summed E-state index contributed by atoms with van der Waals surface area (Å²) >= 11 is 0. The quantitative estimate of drug-likeness (QED) is 0.435. The number of rotatable bonds is 9. The van der Waals surface area contributed by atoms with Gasteiger partial charge in [0.05, 0.1) is 12.8 Å². The fourth-order valence-corrected chi connectivity index (χ4v) is 3.44. The lowest BCUT2D eigenvalue weighted by molar-refractivity contribution is 0.415. The van der Waals surface area contributed by atoms with E-state index in [-0.39, 0.29) is 11.9 Å². The van der Waals surface area contributed by atoms with E-state index < -0.39 is 0 Å². The van der Waals surface area contributed by atoms with Gasteiger partial charge in [0.2, 0.25) is 0 Å². The van der Waals surface area contributed by atoms with E-state index in [9.17, 15) is 4.39 Å². The zero-order valence-electron chi connectivity index (χ0n) is 17.7. The second-order valence-corrected chi connectivity index (χ2v) is 7.47. The van der Waals surface area contributed by atoms with Gasteiger partial charge in [0.25, 0.3) is 0 Å². The normalized spacial score (nSPS) is 12.1. The molecule has 0 radical (unpaired) electrons. The summed E-state index contributed by atoms with van der Waals surface area (Å²) in [6.45, 7) is 3.62. The largest absolute Gasteiger partial charge is 0.497 e. The molecule has 2 aromatic carbocycles. The van der Waals surface area contributed by atoms with Crippen LogP contribution in [0, 0.1) is 5.82 Å². The lowest BCUT2D eigenvalue weighted by atomic mass is 10.1. The van der Waals surface area contributed by atoms with Crippen LogP contribution < -0.4 is 10.1 Å². The number of hydrogen-bond donors (Lipinski definition) is 1. The highest BCUT2D eigenvalue weighted by Crippen LogP contribution is 2.26. The van der Waals surface area contributed by atoms with Crippen molar-refractivity contribution in [2.75, 3.05) is 7.11 Å². The van der Waals surface area contributed by atoms with Crippen LogP contribution in [-0.4, -0.2) is 32.7 Å². The summed E-state index contributed by atoms with van der Waals surface area (Å²) in [7, 11) is 1.64.